The van der Waals surface area contributed by atoms with E-state index in [1.807, 2.05) is 32.0 Å². The van der Waals surface area contributed by atoms with Crippen LogP contribution < -0.4 is 5.32 Å². The quantitative estimate of drug-likeness (QED) is 0.858. The van der Waals surface area contributed by atoms with Gasteiger partial charge in [-0.05, 0) is 51.0 Å². The Balaban J connectivity index is 2.07. The lowest BCUT2D eigenvalue weighted by Crippen LogP contribution is -2.13. The Morgan fingerprint density at radius 3 is 2.35 bits per heavy atom. The molecule has 2 rings (SSSR count). The van der Waals surface area contributed by atoms with Crippen LogP contribution in [0.1, 0.15) is 40.7 Å². The van der Waals surface area contributed by atoms with Gasteiger partial charge in [0.1, 0.15) is 0 Å². The van der Waals surface area contributed by atoms with Crippen molar-refractivity contribution < 1.29 is 14.7 Å². The summed E-state index contributed by atoms with van der Waals surface area (Å²) in [5.41, 5.74) is 4.35. The van der Waals surface area contributed by atoms with Crippen LogP contribution >= 0.6 is 0 Å². The van der Waals surface area contributed by atoms with Crippen LogP contribution in [0.25, 0.3) is 0 Å². The molecule has 2 N–H and O–H groups in total. The zero-order valence-electron chi connectivity index (χ0n) is 13.7. The van der Waals surface area contributed by atoms with Gasteiger partial charge in [-0.3, -0.25) is 9.59 Å². The zero-order chi connectivity index (χ0) is 17.0. The molecular weight excluding hydrogens is 292 g/mol. The van der Waals surface area contributed by atoms with E-state index in [2.05, 4.69) is 16.8 Å². The third kappa shape index (κ3) is 4.00. The fourth-order valence-corrected chi connectivity index (χ4v) is 2.72. The van der Waals surface area contributed by atoms with Crippen LogP contribution in [0.3, 0.4) is 0 Å². The Labute approximate surface area is 135 Å². The molecule has 1 aromatic heterocycles. The third-order valence-electron chi connectivity index (χ3n) is 3.97. The second-order valence-corrected chi connectivity index (χ2v) is 5.57. The second-order valence-electron chi connectivity index (χ2n) is 5.57. The highest BCUT2D eigenvalue weighted by molar-refractivity contribution is 6.05. The van der Waals surface area contributed by atoms with E-state index in [-0.39, 0.29) is 12.3 Å². The first kappa shape index (κ1) is 16.8. The van der Waals surface area contributed by atoms with Gasteiger partial charge in [-0.15, -0.1) is 0 Å². The Bertz CT molecular complexity index is 715. The summed E-state index contributed by atoms with van der Waals surface area (Å²) in [6.07, 6.45) is 0.593. The van der Waals surface area contributed by atoms with Crippen molar-refractivity contribution in [3.05, 3.63) is 52.8 Å². The molecule has 2 aromatic rings. The molecule has 1 heterocycles. The lowest BCUT2D eigenvalue weighted by Gasteiger charge is -2.08. The van der Waals surface area contributed by atoms with E-state index >= 15 is 0 Å². The Kier molecular flexibility index (Phi) is 5.21. The van der Waals surface area contributed by atoms with E-state index in [1.54, 1.807) is 12.1 Å². The molecule has 0 aliphatic rings. The highest BCUT2D eigenvalue weighted by Gasteiger charge is 2.15. The fraction of sp³-hybridized carbons (Fsp3) is 0.333. The van der Waals surface area contributed by atoms with Gasteiger partial charge in [0.2, 0.25) is 0 Å². The third-order valence-corrected chi connectivity index (χ3v) is 3.97. The van der Waals surface area contributed by atoms with Gasteiger partial charge in [-0.2, -0.15) is 0 Å². The van der Waals surface area contributed by atoms with Gasteiger partial charge in [0.15, 0.2) is 0 Å². The molecule has 5 heteroatoms. The van der Waals surface area contributed by atoms with Gasteiger partial charge in [0, 0.05) is 30.0 Å². The van der Waals surface area contributed by atoms with Gasteiger partial charge >= 0.3 is 5.97 Å². The molecule has 0 aliphatic heterocycles. The van der Waals surface area contributed by atoms with Crippen molar-refractivity contribution in [1.29, 1.82) is 0 Å². The number of aromatic nitrogens is 1. The van der Waals surface area contributed by atoms with Crippen molar-refractivity contribution in [2.45, 2.75) is 40.2 Å². The summed E-state index contributed by atoms with van der Waals surface area (Å²) < 4.78 is 2.10. The number of hydrogen-bond acceptors (Lipinski definition) is 2. The van der Waals surface area contributed by atoms with Crippen LogP contribution in [0.2, 0.25) is 0 Å². The Morgan fingerprint density at radius 1 is 1.17 bits per heavy atom. The van der Waals surface area contributed by atoms with Gasteiger partial charge in [-0.1, -0.05) is 12.1 Å². The number of nitrogens with zero attached hydrogens (tertiary/aromatic N) is 1. The van der Waals surface area contributed by atoms with Crippen LogP contribution in [0.5, 0.6) is 0 Å². The van der Waals surface area contributed by atoms with Crippen LogP contribution in [0.15, 0.2) is 30.3 Å². The molecule has 23 heavy (non-hydrogen) atoms. The molecule has 0 spiro atoms. The molecule has 1 aromatic carbocycles. The molecule has 0 unspecified atom stereocenters. The number of benzene rings is 1. The summed E-state index contributed by atoms with van der Waals surface area (Å²) >= 11 is 0. The summed E-state index contributed by atoms with van der Waals surface area (Å²) in [6.45, 7) is 6.83. The average molecular weight is 314 g/mol. The van der Waals surface area contributed by atoms with Crippen LogP contribution in [0.4, 0.5) is 5.69 Å². The van der Waals surface area contributed by atoms with E-state index in [0.29, 0.717) is 17.7 Å². The van der Waals surface area contributed by atoms with E-state index < -0.39 is 5.97 Å². The average Bonchev–Trinajstić information content (AvgIpc) is 2.80. The van der Waals surface area contributed by atoms with Gasteiger partial charge < -0.3 is 15.0 Å². The van der Waals surface area contributed by atoms with Gasteiger partial charge in [-0.25, -0.2) is 0 Å². The number of amides is 1. The number of carbonyl (C=O) groups excluding carboxylic acids is 1. The van der Waals surface area contributed by atoms with E-state index in [1.165, 1.54) is 0 Å². The molecular formula is C18H22N2O3. The zero-order valence-corrected chi connectivity index (χ0v) is 13.7. The first-order valence-electron chi connectivity index (χ1n) is 7.71. The predicted molar refractivity (Wildman–Crippen MR) is 89.9 cm³/mol. The number of carbonyl (C=O) groups is 2. The first-order chi connectivity index (χ1) is 10.9. The number of carboxylic acids is 1. The number of nitrogens with one attached hydrogen (secondary N) is 1. The highest BCUT2D eigenvalue weighted by Crippen LogP contribution is 2.18. The van der Waals surface area contributed by atoms with Crippen LogP contribution in [-0.4, -0.2) is 21.6 Å². The van der Waals surface area contributed by atoms with E-state index in [0.717, 1.165) is 23.5 Å². The maximum atomic E-state index is 12.4. The molecule has 122 valence electrons. The number of anilines is 1. The largest absolute Gasteiger partial charge is 0.481 e. The Morgan fingerprint density at radius 2 is 1.83 bits per heavy atom. The van der Waals surface area contributed by atoms with Crippen molar-refractivity contribution in [1.82, 2.24) is 4.57 Å². The summed E-state index contributed by atoms with van der Waals surface area (Å²) in [6, 6.07) is 9.18. The van der Waals surface area contributed by atoms with Crippen molar-refractivity contribution in [3.63, 3.8) is 0 Å². The topological polar surface area (TPSA) is 71.3 Å². The minimum Gasteiger partial charge on any atom is -0.481 e. The second kappa shape index (κ2) is 7.13. The molecule has 0 atom stereocenters. The molecule has 0 saturated heterocycles. The van der Waals surface area contributed by atoms with Crippen LogP contribution in [-0.2, 0) is 17.8 Å². The van der Waals surface area contributed by atoms with Crippen molar-refractivity contribution in [2.75, 3.05) is 5.32 Å². The van der Waals surface area contributed by atoms with Gasteiger partial charge in [0.25, 0.3) is 5.91 Å². The van der Waals surface area contributed by atoms with Crippen molar-refractivity contribution >= 4 is 17.6 Å². The van der Waals surface area contributed by atoms with Crippen molar-refractivity contribution in [2.24, 2.45) is 0 Å². The van der Waals surface area contributed by atoms with E-state index in [9.17, 15) is 9.59 Å². The molecule has 5 nitrogen and oxygen atoms in total. The van der Waals surface area contributed by atoms with E-state index in [4.69, 9.17) is 5.11 Å². The molecule has 0 bridgehead atoms. The van der Waals surface area contributed by atoms with Crippen molar-refractivity contribution in [3.8, 4) is 0 Å². The number of rotatable bonds is 6. The number of aliphatic carboxylic acids is 1. The Hall–Kier alpha value is -2.56. The normalized spacial score (nSPS) is 10.6. The minimum atomic E-state index is -0.811. The molecule has 1 amide bonds. The summed E-state index contributed by atoms with van der Waals surface area (Å²) in [5, 5.41) is 11.6. The number of aryl methyl sites for hydroxylation is 2. The predicted octanol–water partition coefficient (Wildman–Crippen LogP) is 3.39. The fourth-order valence-electron chi connectivity index (χ4n) is 2.72. The maximum Gasteiger partial charge on any atom is 0.303 e. The summed E-state index contributed by atoms with van der Waals surface area (Å²) in [5.74, 6) is -0.940. The number of carboxylic acid groups (broad SMARTS) is 1. The van der Waals surface area contributed by atoms with Crippen LogP contribution in [0, 0.1) is 13.8 Å². The monoisotopic (exact) mass is 314 g/mol. The lowest BCUT2D eigenvalue weighted by atomic mass is 10.1. The smallest absolute Gasteiger partial charge is 0.303 e. The first-order valence-corrected chi connectivity index (χ1v) is 7.71. The van der Waals surface area contributed by atoms with Gasteiger partial charge in [0.05, 0.1) is 5.56 Å². The molecule has 0 radical (unpaired) electrons. The molecule has 0 aliphatic carbocycles. The summed E-state index contributed by atoms with van der Waals surface area (Å²) in [7, 11) is 0. The maximum absolute atomic E-state index is 12.4. The standard InChI is InChI=1S/C18H22N2O3/c1-4-20-12(2)11-16(13(20)3)18(23)19-15-8-5-14(6-9-15)7-10-17(21)22/h5-6,8-9,11H,4,7,10H2,1-3H3,(H,19,23)(H,21,22). The lowest BCUT2D eigenvalue weighted by molar-refractivity contribution is -0.136. The minimum absolute atomic E-state index is 0.106. The highest BCUT2D eigenvalue weighted by atomic mass is 16.4. The SMILES string of the molecule is CCn1c(C)cc(C(=O)Nc2ccc(CCC(=O)O)cc2)c1C. The molecule has 0 saturated carbocycles. The summed E-state index contributed by atoms with van der Waals surface area (Å²) in [4.78, 5) is 23.0. The number of hydrogen-bond donors (Lipinski definition) is 2. The molecule has 0 fully saturated rings.